The predicted octanol–water partition coefficient (Wildman–Crippen LogP) is 7.09. The van der Waals surface area contributed by atoms with Crippen molar-refractivity contribution < 1.29 is 14.1 Å². The highest BCUT2D eigenvalue weighted by Crippen LogP contribution is 2.26. The second-order valence-corrected chi connectivity index (χ2v) is 12.7. The van der Waals surface area contributed by atoms with Gasteiger partial charge in [-0.25, -0.2) is 4.79 Å². The summed E-state index contributed by atoms with van der Waals surface area (Å²) in [5.74, 6) is 0. The number of ether oxygens (including phenoxy) is 1. The standard InChI is InChI=1S/C26H35BrN2O3S/c1-19(20-13-15-22(27)16-14-20)29(24(30)32-25(2,3)4)18-17-23(21-11-9-8-10-12-21)28-33(31)26(5,6)7/h8-16,19H,17-18H2,1-7H3/b28-23+/t19-,33+/m0/s1. The third-order valence-corrected chi connectivity index (χ3v) is 6.82. The fourth-order valence-electron chi connectivity index (χ4n) is 3.02. The van der Waals surface area contributed by atoms with E-state index >= 15 is 0 Å². The van der Waals surface area contributed by atoms with Crippen LogP contribution in [0.5, 0.6) is 0 Å². The Balaban J connectivity index is 2.36. The maximum Gasteiger partial charge on any atom is 0.410 e. The zero-order valence-corrected chi connectivity index (χ0v) is 23.0. The summed E-state index contributed by atoms with van der Waals surface area (Å²) in [5.41, 5.74) is 2.00. The highest BCUT2D eigenvalue weighted by molar-refractivity contribution is 9.10. The molecule has 0 aliphatic rings. The molecule has 0 spiro atoms. The Labute approximate surface area is 210 Å². The molecule has 0 radical (unpaired) electrons. The van der Waals surface area contributed by atoms with E-state index in [2.05, 4.69) is 20.3 Å². The number of hydrogen-bond acceptors (Lipinski definition) is 4. The van der Waals surface area contributed by atoms with E-state index in [4.69, 9.17) is 4.74 Å². The Hall–Kier alpha value is -1.83. The number of nitrogens with zero attached hydrogens (tertiary/aromatic N) is 2. The Morgan fingerprint density at radius 2 is 1.64 bits per heavy atom. The molecule has 33 heavy (non-hydrogen) atoms. The lowest BCUT2D eigenvalue weighted by molar-refractivity contribution is 0.0180. The molecule has 0 heterocycles. The van der Waals surface area contributed by atoms with Crippen LogP contribution in [0, 0.1) is 0 Å². The first-order chi connectivity index (χ1) is 15.3. The van der Waals surface area contributed by atoms with Crippen LogP contribution in [0.1, 0.15) is 72.1 Å². The Morgan fingerprint density at radius 3 is 2.15 bits per heavy atom. The number of rotatable bonds is 7. The van der Waals surface area contributed by atoms with Gasteiger partial charge in [-0.15, -0.1) is 0 Å². The summed E-state index contributed by atoms with van der Waals surface area (Å²) in [6.45, 7) is 13.6. The highest BCUT2D eigenvalue weighted by Gasteiger charge is 2.30. The molecule has 0 aromatic heterocycles. The number of halogens is 1. The molecule has 0 fully saturated rings. The van der Waals surface area contributed by atoms with Crippen LogP contribution in [0.3, 0.4) is 0 Å². The van der Waals surface area contributed by atoms with Crippen molar-refractivity contribution in [3.8, 4) is 0 Å². The van der Waals surface area contributed by atoms with Crippen molar-refractivity contribution in [2.24, 2.45) is 4.40 Å². The number of carbonyl (C=O) groups is 1. The summed E-state index contributed by atoms with van der Waals surface area (Å²) in [4.78, 5) is 14.9. The molecule has 7 heteroatoms. The molecule has 180 valence electrons. The smallest absolute Gasteiger partial charge is 0.410 e. The van der Waals surface area contributed by atoms with Gasteiger partial charge in [-0.3, -0.25) is 0 Å². The molecule has 5 nitrogen and oxygen atoms in total. The lowest BCUT2D eigenvalue weighted by Crippen LogP contribution is -2.39. The topological polar surface area (TPSA) is 65.0 Å². The molecule has 0 aliphatic heterocycles. The van der Waals surface area contributed by atoms with Gasteiger partial charge < -0.3 is 14.2 Å². The van der Waals surface area contributed by atoms with Gasteiger partial charge in [0.25, 0.3) is 0 Å². The van der Waals surface area contributed by atoms with Gasteiger partial charge in [-0.1, -0.05) is 62.8 Å². The number of hydrogen-bond donors (Lipinski definition) is 0. The van der Waals surface area contributed by atoms with Crippen LogP contribution in [0.25, 0.3) is 0 Å². The van der Waals surface area contributed by atoms with Crippen molar-refractivity contribution in [3.63, 3.8) is 0 Å². The van der Waals surface area contributed by atoms with Crippen LogP contribution in [0.15, 0.2) is 63.5 Å². The average Bonchev–Trinajstić information content (AvgIpc) is 2.72. The highest BCUT2D eigenvalue weighted by atomic mass is 79.9. The van der Waals surface area contributed by atoms with E-state index in [-0.39, 0.29) is 12.1 Å². The second kappa shape index (κ2) is 11.5. The maximum atomic E-state index is 13.2. The molecule has 0 aliphatic carbocycles. The third-order valence-electron chi connectivity index (χ3n) is 4.86. The fourth-order valence-corrected chi connectivity index (χ4v) is 3.96. The Bertz CT molecular complexity index is 935. The molecular weight excluding hydrogens is 500 g/mol. The summed E-state index contributed by atoms with van der Waals surface area (Å²) in [6, 6.07) is 17.4. The van der Waals surface area contributed by atoms with E-state index in [1.54, 1.807) is 4.90 Å². The van der Waals surface area contributed by atoms with Gasteiger partial charge >= 0.3 is 6.09 Å². The Morgan fingerprint density at radius 1 is 1.06 bits per heavy atom. The van der Waals surface area contributed by atoms with Gasteiger partial charge in [0, 0.05) is 23.0 Å². The SMILES string of the molecule is C[C@@H](c1ccc(Br)cc1)N(CC/C(=N\[S@+]([O-])C(C)(C)C)c1ccccc1)C(=O)OC(C)(C)C. The Kier molecular flexibility index (Phi) is 9.58. The molecule has 2 aromatic carbocycles. The fraction of sp³-hybridized carbons (Fsp3) is 0.462. The molecule has 1 amide bonds. The molecular formula is C26H35BrN2O3S. The van der Waals surface area contributed by atoms with E-state index in [0.29, 0.717) is 18.7 Å². The molecule has 2 rings (SSSR count). The van der Waals surface area contributed by atoms with Gasteiger partial charge in [0.15, 0.2) is 0 Å². The molecule has 0 N–H and O–H groups in total. The van der Waals surface area contributed by atoms with E-state index in [9.17, 15) is 9.35 Å². The summed E-state index contributed by atoms with van der Waals surface area (Å²) in [5, 5.41) is 0. The third kappa shape index (κ3) is 8.80. The minimum absolute atomic E-state index is 0.210. The molecule has 0 saturated heterocycles. The summed E-state index contributed by atoms with van der Waals surface area (Å²) < 4.78 is 23.6. The van der Waals surface area contributed by atoms with Crippen LogP contribution in [0.2, 0.25) is 0 Å². The minimum Gasteiger partial charge on any atom is -0.591 e. The van der Waals surface area contributed by atoms with Crippen LogP contribution < -0.4 is 0 Å². The largest absolute Gasteiger partial charge is 0.591 e. The van der Waals surface area contributed by atoms with E-state index in [1.165, 1.54) is 0 Å². The lowest BCUT2D eigenvalue weighted by Gasteiger charge is -2.32. The first-order valence-electron chi connectivity index (χ1n) is 11.1. The van der Waals surface area contributed by atoms with Gasteiger partial charge in [-0.2, -0.15) is 0 Å². The molecule has 2 aromatic rings. The zero-order valence-electron chi connectivity index (χ0n) is 20.6. The van der Waals surface area contributed by atoms with Crippen LogP contribution in [0.4, 0.5) is 4.79 Å². The number of amides is 1. The van der Waals surface area contributed by atoms with Crippen LogP contribution >= 0.6 is 15.9 Å². The summed E-state index contributed by atoms with van der Waals surface area (Å²) in [6.07, 6.45) is 0.0636. The first-order valence-corrected chi connectivity index (χ1v) is 13.0. The van der Waals surface area contributed by atoms with Gasteiger partial charge in [-0.05, 0) is 66.2 Å². The van der Waals surface area contributed by atoms with Crippen molar-refractivity contribution >= 4 is 39.1 Å². The van der Waals surface area contributed by atoms with Gasteiger partial charge in [0.1, 0.15) is 27.4 Å². The number of carbonyl (C=O) groups excluding carboxylic acids is 1. The second-order valence-electron chi connectivity index (χ2n) is 9.92. The normalized spacial score (nSPS) is 14.5. The van der Waals surface area contributed by atoms with Crippen LogP contribution in [-0.2, 0) is 16.1 Å². The first kappa shape index (κ1) is 27.4. The maximum absolute atomic E-state index is 13.2. The monoisotopic (exact) mass is 534 g/mol. The predicted molar refractivity (Wildman–Crippen MR) is 141 cm³/mol. The quantitative estimate of drug-likeness (QED) is 0.281. The van der Waals surface area contributed by atoms with Crippen molar-refractivity contribution in [2.45, 2.75) is 71.3 Å². The van der Waals surface area contributed by atoms with E-state index in [1.807, 2.05) is 103 Å². The van der Waals surface area contributed by atoms with E-state index < -0.39 is 21.7 Å². The zero-order chi connectivity index (χ0) is 24.8. The minimum atomic E-state index is -1.41. The average molecular weight is 536 g/mol. The lowest BCUT2D eigenvalue weighted by atomic mass is 10.0. The molecule has 2 atom stereocenters. The van der Waals surface area contributed by atoms with Crippen LogP contribution in [-0.4, -0.2) is 38.2 Å². The summed E-state index contributed by atoms with van der Waals surface area (Å²) >= 11 is 2.05. The molecule has 0 unspecified atom stereocenters. The van der Waals surface area contributed by atoms with Crippen molar-refractivity contribution in [1.29, 1.82) is 0 Å². The number of benzene rings is 2. The molecule has 0 bridgehead atoms. The van der Waals surface area contributed by atoms with Crippen molar-refractivity contribution in [3.05, 3.63) is 70.2 Å². The van der Waals surface area contributed by atoms with Crippen molar-refractivity contribution in [1.82, 2.24) is 4.90 Å². The van der Waals surface area contributed by atoms with Gasteiger partial charge in [0.05, 0.1) is 6.04 Å². The van der Waals surface area contributed by atoms with Gasteiger partial charge in [0.2, 0.25) is 0 Å². The van der Waals surface area contributed by atoms with Crippen molar-refractivity contribution in [2.75, 3.05) is 6.54 Å². The molecule has 0 saturated carbocycles. The summed E-state index contributed by atoms with van der Waals surface area (Å²) in [7, 11) is 0. The van der Waals surface area contributed by atoms with E-state index in [0.717, 1.165) is 15.6 Å².